The molecule has 0 bridgehead atoms. The minimum atomic E-state index is -1.03. The normalized spacial score (nSPS) is 17.8. The van der Waals surface area contributed by atoms with Crippen molar-refractivity contribution in [2.24, 2.45) is 0 Å². The number of benzene rings is 2. The zero-order valence-electron chi connectivity index (χ0n) is 22.6. The molecule has 1 unspecified atom stereocenters. The third-order valence-electron chi connectivity index (χ3n) is 7.30. The number of nitrogens with zero attached hydrogens (tertiary/aromatic N) is 2. The van der Waals surface area contributed by atoms with Crippen molar-refractivity contribution in [3.63, 3.8) is 0 Å². The fourth-order valence-corrected chi connectivity index (χ4v) is 7.70. The third-order valence-corrected chi connectivity index (χ3v) is 9.90. The number of aromatic amines is 1. The predicted molar refractivity (Wildman–Crippen MR) is 161 cm³/mol. The van der Waals surface area contributed by atoms with Crippen molar-refractivity contribution in [2.75, 3.05) is 75.9 Å². The molecule has 3 aliphatic heterocycles. The maximum atomic E-state index is 12.7. The standard InChI is InChI=1S/C29H33N5O5S2/c35-27-16-21(34-8-12-39-13-9-34)15-23(32-27)22-2-1-3-25-28(22)41-24-5-4-19(14-26(24)40-25)31-20(17-30-29(36)37)18-33-6-10-38-11-7-33/h1-5,14-16,20,30-31H,6-13,17-18H2,(H,32,35)(H,36,37). The van der Waals surface area contributed by atoms with Crippen LogP contribution in [0, 0.1) is 0 Å². The Kier molecular flexibility index (Phi) is 8.73. The van der Waals surface area contributed by atoms with Crippen molar-refractivity contribution in [1.82, 2.24) is 15.2 Å². The van der Waals surface area contributed by atoms with Gasteiger partial charge in [-0.25, -0.2) is 4.79 Å². The Hall–Kier alpha value is -3.16. The Morgan fingerprint density at radius 3 is 2.51 bits per heavy atom. The Labute approximate surface area is 246 Å². The summed E-state index contributed by atoms with van der Waals surface area (Å²) >= 11 is 3.41. The van der Waals surface area contributed by atoms with Gasteiger partial charge in [0.05, 0.1) is 38.2 Å². The molecule has 1 atom stereocenters. The van der Waals surface area contributed by atoms with Crippen LogP contribution in [0.4, 0.5) is 16.2 Å². The van der Waals surface area contributed by atoms with Gasteiger partial charge in [-0.05, 0) is 30.3 Å². The van der Waals surface area contributed by atoms with Crippen LogP contribution < -0.4 is 21.1 Å². The number of aromatic nitrogens is 1. The first-order valence-corrected chi connectivity index (χ1v) is 15.4. The molecule has 4 heterocycles. The number of ether oxygens (including phenoxy) is 2. The van der Waals surface area contributed by atoms with E-state index in [2.05, 4.69) is 55.7 Å². The molecular weight excluding hydrogens is 562 g/mol. The van der Waals surface area contributed by atoms with Gasteiger partial charge in [0.25, 0.3) is 0 Å². The molecular formula is C29H33N5O5S2. The third kappa shape index (κ3) is 6.84. The number of morpholine rings is 2. The van der Waals surface area contributed by atoms with Gasteiger partial charge in [0.15, 0.2) is 0 Å². The van der Waals surface area contributed by atoms with Crippen molar-refractivity contribution in [3.05, 3.63) is 58.9 Å². The number of H-pyrrole nitrogens is 1. The van der Waals surface area contributed by atoms with Gasteiger partial charge in [0.1, 0.15) is 0 Å². The minimum Gasteiger partial charge on any atom is -0.465 e. The van der Waals surface area contributed by atoms with Crippen molar-refractivity contribution in [1.29, 1.82) is 0 Å². The van der Waals surface area contributed by atoms with E-state index >= 15 is 0 Å². The summed E-state index contributed by atoms with van der Waals surface area (Å²) in [6, 6.07) is 16.1. The van der Waals surface area contributed by atoms with Crippen LogP contribution in [0.25, 0.3) is 11.3 Å². The molecule has 2 aromatic carbocycles. The zero-order valence-corrected chi connectivity index (χ0v) is 24.2. The maximum Gasteiger partial charge on any atom is 0.404 e. The van der Waals surface area contributed by atoms with Gasteiger partial charge in [-0.15, -0.1) is 0 Å². The van der Waals surface area contributed by atoms with E-state index in [0.717, 1.165) is 74.9 Å². The van der Waals surface area contributed by atoms with E-state index in [4.69, 9.17) is 9.47 Å². The predicted octanol–water partition coefficient (Wildman–Crippen LogP) is 3.87. The van der Waals surface area contributed by atoms with Gasteiger partial charge < -0.3 is 35.1 Å². The lowest BCUT2D eigenvalue weighted by molar-refractivity contribution is 0.0361. The number of rotatable bonds is 8. The van der Waals surface area contributed by atoms with Gasteiger partial charge in [-0.1, -0.05) is 35.7 Å². The summed E-state index contributed by atoms with van der Waals surface area (Å²) in [5.41, 5.74) is 3.56. The van der Waals surface area contributed by atoms with Crippen LogP contribution in [0.3, 0.4) is 0 Å². The molecule has 0 spiro atoms. The lowest BCUT2D eigenvalue weighted by Gasteiger charge is -2.31. The number of amides is 1. The number of anilines is 2. The van der Waals surface area contributed by atoms with Crippen molar-refractivity contribution in [3.8, 4) is 11.3 Å². The van der Waals surface area contributed by atoms with Crippen LogP contribution >= 0.6 is 23.5 Å². The average molecular weight is 596 g/mol. The van der Waals surface area contributed by atoms with Crippen LogP contribution in [0.15, 0.2) is 72.9 Å². The van der Waals surface area contributed by atoms with E-state index in [1.165, 1.54) is 0 Å². The molecule has 1 amide bonds. The topological polar surface area (TPSA) is 119 Å². The van der Waals surface area contributed by atoms with Crippen molar-refractivity contribution in [2.45, 2.75) is 25.6 Å². The number of nitrogens with one attached hydrogen (secondary N) is 3. The Morgan fingerprint density at radius 2 is 1.73 bits per heavy atom. The highest BCUT2D eigenvalue weighted by Gasteiger charge is 2.23. The van der Waals surface area contributed by atoms with Gasteiger partial charge >= 0.3 is 6.09 Å². The monoisotopic (exact) mass is 595 g/mol. The molecule has 0 radical (unpaired) electrons. The second kappa shape index (κ2) is 12.8. The molecule has 12 heteroatoms. The van der Waals surface area contributed by atoms with Crippen LogP contribution in [0.5, 0.6) is 0 Å². The molecule has 216 valence electrons. The Morgan fingerprint density at radius 1 is 0.951 bits per heavy atom. The van der Waals surface area contributed by atoms with E-state index in [9.17, 15) is 14.7 Å². The summed E-state index contributed by atoms with van der Waals surface area (Å²) in [5.74, 6) is 0. The second-order valence-electron chi connectivity index (χ2n) is 10.2. The van der Waals surface area contributed by atoms with E-state index in [-0.39, 0.29) is 11.6 Å². The summed E-state index contributed by atoms with van der Waals surface area (Å²) in [7, 11) is 0. The number of hydrogen-bond acceptors (Lipinski definition) is 9. The smallest absolute Gasteiger partial charge is 0.404 e. The van der Waals surface area contributed by atoms with Crippen LogP contribution in [-0.2, 0) is 9.47 Å². The number of carbonyl (C=O) groups is 1. The quantitative estimate of drug-likeness (QED) is 0.239. The average Bonchev–Trinajstić information content (AvgIpc) is 2.99. The molecule has 0 aliphatic carbocycles. The molecule has 1 aromatic heterocycles. The lowest BCUT2D eigenvalue weighted by atomic mass is 10.1. The summed E-state index contributed by atoms with van der Waals surface area (Å²) in [5, 5.41) is 15.3. The fraction of sp³-hybridized carbons (Fsp3) is 0.379. The van der Waals surface area contributed by atoms with E-state index in [0.29, 0.717) is 33.0 Å². The summed E-state index contributed by atoms with van der Waals surface area (Å²) in [6.45, 7) is 6.93. The summed E-state index contributed by atoms with van der Waals surface area (Å²) in [6.07, 6.45) is -1.03. The molecule has 6 rings (SSSR count). The first kappa shape index (κ1) is 28.0. The first-order valence-electron chi connectivity index (χ1n) is 13.8. The lowest BCUT2D eigenvalue weighted by Crippen LogP contribution is -2.47. The van der Waals surface area contributed by atoms with Crippen molar-refractivity contribution < 1.29 is 19.4 Å². The molecule has 3 aliphatic rings. The highest BCUT2D eigenvalue weighted by Crippen LogP contribution is 2.52. The van der Waals surface area contributed by atoms with Crippen LogP contribution in [-0.4, -0.2) is 92.8 Å². The van der Waals surface area contributed by atoms with Crippen LogP contribution in [0.2, 0.25) is 0 Å². The molecule has 0 saturated carbocycles. The Bertz CT molecular complexity index is 1460. The highest BCUT2D eigenvalue weighted by atomic mass is 32.2. The second-order valence-corrected chi connectivity index (χ2v) is 12.3. The van der Waals surface area contributed by atoms with Gasteiger partial charge in [-0.3, -0.25) is 9.69 Å². The molecule has 10 nitrogen and oxygen atoms in total. The number of fused-ring (bicyclic) bond motifs is 2. The number of carboxylic acid groups (broad SMARTS) is 1. The highest BCUT2D eigenvalue weighted by molar-refractivity contribution is 8.05. The Balaban J connectivity index is 1.22. The largest absolute Gasteiger partial charge is 0.465 e. The molecule has 41 heavy (non-hydrogen) atoms. The summed E-state index contributed by atoms with van der Waals surface area (Å²) < 4.78 is 11.0. The van der Waals surface area contributed by atoms with Gasteiger partial charge in [0.2, 0.25) is 5.56 Å². The molecule has 2 fully saturated rings. The molecule has 4 N–H and O–H groups in total. The maximum absolute atomic E-state index is 12.7. The molecule has 3 aromatic rings. The first-order chi connectivity index (χ1) is 20.0. The number of hydrogen-bond donors (Lipinski definition) is 4. The summed E-state index contributed by atoms with van der Waals surface area (Å²) in [4.78, 5) is 35.9. The molecule has 2 saturated heterocycles. The van der Waals surface area contributed by atoms with Gasteiger partial charge in [-0.2, -0.15) is 0 Å². The number of pyridine rings is 1. The van der Waals surface area contributed by atoms with Crippen LogP contribution in [0.1, 0.15) is 0 Å². The minimum absolute atomic E-state index is 0.0852. The van der Waals surface area contributed by atoms with Crippen molar-refractivity contribution >= 4 is 41.0 Å². The van der Waals surface area contributed by atoms with Gasteiger partial charge in [0, 0.05) is 81.9 Å². The van der Waals surface area contributed by atoms with E-state index in [1.807, 2.05) is 12.1 Å². The fourth-order valence-electron chi connectivity index (χ4n) is 5.28. The van der Waals surface area contributed by atoms with E-state index in [1.54, 1.807) is 29.6 Å². The SMILES string of the molecule is O=C(O)NCC(CN1CCOCC1)Nc1ccc2c(c1)Sc1cccc(-c3cc(N4CCOCC4)cc(=O)[nH]3)c1S2. The zero-order chi connectivity index (χ0) is 28.2. The van der Waals surface area contributed by atoms with E-state index < -0.39 is 6.09 Å².